The van der Waals surface area contributed by atoms with Gasteiger partial charge in [0, 0.05) is 10.7 Å². The van der Waals surface area contributed by atoms with Crippen molar-refractivity contribution >= 4 is 52.5 Å². The van der Waals surface area contributed by atoms with E-state index in [9.17, 15) is 14.4 Å². The largest absolute Gasteiger partial charge is 0.449 e. The standard InChI is InChI=1S/C17H15Cl2N3O4/c1-9(15(23)22-14-8-11(18)5-6-13(14)19)26-16(24)10-3-2-4-12(7-10)21-17(20)25/h2-9H,1H3,(H,22,23)(H3,20,21,25)/t9-/m0/s1. The number of carbonyl (C=O) groups excluding carboxylic acids is 3. The number of amides is 3. The van der Waals surface area contributed by atoms with Crippen molar-refractivity contribution in [3.05, 3.63) is 58.1 Å². The number of benzene rings is 2. The van der Waals surface area contributed by atoms with Crippen LogP contribution in [0.5, 0.6) is 0 Å². The number of primary amides is 1. The molecule has 0 bridgehead atoms. The van der Waals surface area contributed by atoms with Crippen LogP contribution in [0.25, 0.3) is 0 Å². The average molecular weight is 396 g/mol. The van der Waals surface area contributed by atoms with E-state index in [2.05, 4.69) is 10.6 Å². The minimum absolute atomic E-state index is 0.150. The number of hydrogen-bond donors (Lipinski definition) is 3. The summed E-state index contributed by atoms with van der Waals surface area (Å²) in [5.41, 5.74) is 5.81. The summed E-state index contributed by atoms with van der Waals surface area (Å²) in [6, 6.07) is 9.79. The van der Waals surface area contributed by atoms with E-state index in [1.165, 1.54) is 31.2 Å². The Morgan fingerprint density at radius 2 is 1.81 bits per heavy atom. The lowest BCUT2D eigenvalue weighted by molar-refractivity contribution is -0.123. The van der Waals surface area contributed by atoms with Crippen LogP contribution in [-0.4, -0.2) is 24.0 Å². The fourth-order valence-corrected chi connectivity index (χ4v) is 2.31. The van der Waals surface area contributed by atoms with E-state index in [-0.39, 0.29) is 5.56 Å². The number of halogens is 2. The molecule has 0 aromatic heterocycles. The van der Waals surface area contributed by atoms with Crippen molar-refractivity contribution in [1.82, 2.24) is 0 Å². The molecule has 136 valence electrons. The lowest BCUT2D eigenvalue weighted by atomic mass is 10.2. The van der Waals surface area contributed by atoms with Crippen molar-refractivity contribution in [2.24, 2.45) is 5.73 Å². The lowest BCUT2D eigenvalue weighted by Crippen LogP contribution is -2.30. The molecule has 7 nitrogen and oxygen atoms in total. The highest BCUT2D eigenvalue weighted by Crippen LogP contribution is 2.25. The molecular weight excluding hydrogens is 381 g/mol. The second kappa shape index (κ2) is 8.55. The number of rotatable bonds is 5. The molecule has 0 aliphatic carbocycles. The number of anilines is 2. The van der Waals surface area contributed by atoms with E-state index in [0.29, 0.717) is 21.4 Å². The van der Waals surface area contributed by atoms with Gasteiger partial charge in [-0.05, 0) is 43.3 Å². The van der Waals surface area contributed by atoms with Crippen molar-refractivity contribution < 1.29 is 19.1 Å². The van der Waals surface area contributed by atoms with Crippen LogP contribution in [0.1, 0.15) is 17.3 Å². The Kier molecular flexibility index (Phi) is 6.43. The van der Waals surface area contributed by atoms with Gasteiger partial charge in [0.25, 0.3) is 5.91 Å². The number of urea groups is 1. The first kappa shape index (κ1) is 19.6. The third-order valence-corrected chi connectivity index (χ3v) is 3.77. The molecule has 0 unspecified atom stereocenters. The predicted octanol–water partition coefficient (Wildman–Crippen LogP) is 3.67. The molecule has 1 atom stereocenters. The van der Waals surface area contributed by atoms with E-state index in [1.807, 2.05) is 0 Å². The number of ether oxygens (including phenoxy) is 1. The second-order valence-electron chi connectivity index (χ2n) is 5.23. The maximum atomic E-state index is 12.2. The summed E-state index contributed by atoms with van der Waals surface area (Å²) in [6.07, 6.45) is -1.09. The molecule has 2 aromatic carbocycles. The summed E-state index contributed by atoms with van der Waals surface area (Å²) < 4.78 is 5.13. The third-order valence-electron chi connectivity index (χ3n) is 3.21. The van der Waals surface area contributed by atoms with E-state index >= 15 is 0 Å². The highest BCUT2D eigenvalue weighted by molar-refractivity contribution is 6.35. The summed E-state index contributed by atoms with van der Waals surface area (Å²) in [4.78, 5) is 35.2. The molecule has 0 aliphatic heterocycles. The smallest absolute Gasteiger partial charge is 0.338 e. The van der Waals surface area contributed by atoms with Crippen LogP contribution in [0, 0.1) is 0 Å². The quantitative estimate of drug-likeness (QED) is 0.670. The lowest BCUT2D eigenvalue weighted by Gasteiger charge is -2.14. The molecule has 0 aliphatic rings. The van der Waals surface area contributed by atoms with Gasteiger partial charge in [0.15, 0.2) is 6.10 Å². The molecule has 2 rings (SSSR count). The van der Waals surface area contributed by atoms with Crippen LogP contribution >= 0.6 is 23.2 Å². The van der Waals surface area contributed by atoms with Crippen molar-refractivity contribution in [2.45, 2.75) is 13.0 Å². The van der Waals surface area contributed by atoms with Crippen LogP contribution < -0.4 is 16.4 Å². The number of nitrogens with one attached hydrogen (secondary N) is 2. The average Bonchev–Trinajstić information content (AvgIpc) is 2.57. The number of esters is 1. The second-order valence-corrected chi connectivity index (χ2v) is 6.07. The number of carbonyl (C=O) groups is 3. The van der Waals surface area contributed by atoms with Crippen LogP contribution in [0.4, 0.5) is 16.2 Å². The highest BCUT2D eigenvalue weighted by Gasteiger charge is 2.20. The number of nitrogens with two attached hydrogens (primary N) is 1. The van der Waals surface area contributed by atoms with Gasteiger partial charge in [-0.3, -0.25) is 4.79 Å². The van der Waals surface area contributed by atoms with Gasteiger partial charge in [0.2, 0.25) is 0 Å². The summed E-state index contributed by atoms with van der Waals surface area (Å²) in [5, 5.41) is 5.58. The monoisotopic (exact) mass is 395 g/mol. The molecule has 0 saturated heterocycles. The minimum atomic E-state index is -1.09. The van der Waals surface area contributed by atoms with E-state index < -0.39 is 24.0 Å². The highest BCUT2D eigenvalue weighted by atomic mass is 35.5. The molecule has 2 aromatic rings. The topological polar surface area (TPSA) is 111 Å². The van der Waals surface area contributed by atoms with Crippen LogP contribution in [0.3, 0.4) is 0 Å². The first-order valence-corrected chi connectivity index (χ1v) is 8.15. The van der Waals surface area contributed by atoms with Gasteiger partial charge in [0.05, 0.1) is 16.3 Å². The van der Waals surface area contributed by atoms with Gasteiger partial charge >= 0.3 is 12.0 Å². The molecule has 0 heterocycles. The summed E-state index contributed by atoms with van der Waals surface area (Å²) in [5.74, 6) is -1.31. The minimum Gasteiger partial charge on any atom is -0.449 e. The molecule has 9 heteroatoms. The first-order chi connectivity index (χ1) is 12.3. The van der Waals surface area contributed by atoms with Gasteiger partial charge in [0.1, 0.15) is 0 Å². The molecule has 0 saturated carbocycles. The molecule has 0 fully saturated rings. The third kappa shape index (κ3) is 5.37. The Bertz CT molecular complexity index is 858. The molecule has 0 spiro atoms. The maximum absolute atomic E-state index is 12.2. The van der Waals surface area contributed by atoms with Gasteiger partial charge in [-0.15, -0.1) is 0 Å². The SMILES string of the molecule is C[C@H](OC(=O)c1cccc(NC(N)=O)c1)C(=O)Nc1cc(Cl)ccc1Cl. The Morgan fingerprint density at radius 1 is 1.08 bits per heavy atom. The summed E-state index contributed by atoms with van der Waals surface area (Å²) in [7, 11) is 0. The Balaban J connectivity index is 2.03. The van der Waals surface area contributed by atoms with E-state index in [1.54, 1.807) is 18.2 Å². The fourth-order valence-electron chi connectivity index (χ4n) is 1.98. The maximum Gasteiger partial charge on any atom is 0.338 e. The van der Waals surface area contributed by atoms with E-state index in [4.69, 9.17) is 33.7 Å². The molecule has 26 heavy (non-hydrogen) atoms. The molecule has 0 radical (unpaired) electrons. The van der Waals surface area contributed by atoms with Crippen molar-refractivity contribution in [1.29, 1.82) is 0 Å². The van der Waals surface area contributed by atoms with Gasteiger partial charge in [-0.1, -0.05) is 29.3 Å². The first-order valence-electron chi connectivity index (χ1n) is 7.39. The van der Waals surface area contributed by atoms with Crippen LogP contribution in [-0.2, 0) is 9.53 Å². The normalized spacial score (nSPS) is 11.3. The zero-order valence-corrected chi connectivity index (χ0v) is 15.1. The zero-order valence-electron chi connectivity index (χ0n) is 13.6. The van der Waals surface area contributed by atoms with Crippen molar-refractivity contribution in [3.63, 3.8) is 0 Å². The van der Waals surface area contributed by atoms with Gasteiger partial charge < -0.3 is 21.1 Å². The molecule has 4 N–H and O–H groups in total. The summed E-state index contributed by atoms with van der Waals surface area (Å²) >= 11 is 11.8. The summed E-state index contributed by atoms with van der Waals surface area (Å²) in [6.45, 7) is 1.41. The van der Waals surface area contributed by atoms with Crippen molar-refractivity contribution in [2.75, 3.05) is 10.6 Å². The van der Waals surface area contributed by atoms with Crippen molar-refractivity contribution in [3.8, 4) is 0 Å². The Labute approximate surface area is 159 Å². The van der Waals surface area contributed by atoms with Gasteiger partial charge in [-0.25, -0.2) is 9.59 Å². The fraction of sp³-hybridized carbons (Fsp3) is 0.118. The van der Waals surface area contributed by atoms with Crippen LogP contribution in [0.2, 0.25) is 10.0 Å². The number of hydrogen-bond acceptors (Lipinski definition) is 4. The van der Waals surface area contributed by atoms with Crippen LogP contribution in [0.15, 0.2) is 42.5 Å². The Hall–Kier alpha value is -2.77. The van der Waals surface area contributed by atoms with Gasteiger partial charge in [-0.2, -0.15) is 0 Å². The molecular formula is C17H15Cl2N3O4. The molecule has 3 amide bonds. The Morgan fingerprint density at radius 3 is 2.50 bits per heavy atom. The van der Waals surface area contributed by atoms with E-state index in [0.717, 1.165) is 0 Å². The zero-order chi connectivity index (χ0) is 19.3. The predicted molar refractivity (Wildman–Crippen MR) is 99.6 cm³/mol.